The highest BCUT2D eigenvalue weighted by atomic mass is 19.4. The van der Waals surface area contributed by atoms with Gasteiger partial charge in [0.05, 0.1) is 22.8 Å². The van der Waals surface area contributed by atoms with Gasteiger partial charge in [-0.25, -0.2) is 4.79 Å². The number of carbonyl (C=O) groups excluding carboxylic acids is 1. The van der Waals surface area contributed by atoms with E-state index in [9.17, 15) is 46.1 Å². The van der Waals surface area contributed by atoms with E-state index in [-0.39, 0.29) is 11.1 Å². The molecule has 2 aromatic rings. The summed E-state index contributed by atoms with van der Waals surface area (Å²) in [7, 11) is 0. The third kappa shape index (κ3) is 6.10. The number of carbonyl (C=O) groups is 2. The van der Waals surface area contributed by atoms with Gasteiger partial charge in [-0.05, 0) is 35.4 Å². The highest BCUT2D eigenvalue weighted by Crippen LogP contribution is 2.36. The van der Waals surface area contributed by atoms with Gasteiger partial charge in [0.2, 0.25) is 5.91 Å². The lowest BCUT2D eigenvalue weighted by Gasteiger charge is -2.21. The van der Waals surface area contributed by atoms with Gasteiger partial charge in [-0.1, -0.05) is 24.3 Å². The molecule has 32 heavy (non-hydrogen) atoms. The van der Waals surface area contributed by atoms with Gasteiger partial charge in [-0.3, -0.25) is 4.79 Å². The Morgan fingerprint density at radius 3 is 1.94 bits per heavy atom. The maximum absolute atomic E-state index is 13.2. The lowest BCUT2D eigenvalue weighted by atomic mass is 9.89. The summed E-state index contributed by atoms with van der Waals surface area (Å²) >= 11 is 0. The van der Waals surface area contributed by atoms with Crippen molar-refractivity contribution in [1.82, 2.24) is 5.32 Å². The summed E-state index contributed by atoms with van der Waals surface area (Å²) in [5.74, 6) is -2.29. The molecule has 0 radical (unpaired) electrons. The Morgan fingerprint density at radius 1 is 0.906 bits per heavy atom. The van der Waals surface area contributed by atoms with Crippen molar-refractivity contribution in [3.8, 4) is 0 Å². The molecule has 0 heterocycles. The second-order valence-corrected chi connectivity index (χ2v) is 6.70. The van der Waals surface area contributed by atoms with Crippen molar-refractivity contribution in [3.63, 3.8) is 0 Å². The minimum atomic E-state index is -4.78. The third-order valence-corrected chi connectivity index (χ3v) is 4.36. The van der Waals surface area contributed by atoms with Gasteiger partial charge in [-0.2, -0.15) is 26.3 Å². The summed E-state index contributed by atoms with van der Waals surface area (Å²) in [5.41, 5.74) is -4.01. The fourth-order valence-electron chi connectivity index (χ4n) is 2.93. The number of hydrogen-bond acceptors (Lipinski definition) is 3. The summed E-state index contributed by atoms with van der Waals surface area (Å²) in [6, 6.07) is 6.36. The summed E-state index contributed by atoms with van der Waals surface area (Å²) in [5, 5.41) is 22.5. The van der Waals surface area contributed by atoms with Crippen LogP contribution in [0, 0.1) is 0 Å². The Kier molecular flexibility index (Phi) is 7.34. The minimum Gasteiger partial charge on any atom is -0.478 e. The summed E-state index contributed by atoms with van der Waals surface area (Å²) in [6.07, 6.45) is -11.3. The lowest BCUT2D eigenvalue weighted by molar-refractivity contribution is -0.138. The fraction of sp³-hybridized carbons (Fsp3) is 0.238. The van der Waals surface area contributed by atoms with Crippen molar-refractivity contribution in [2.75, 3.05) is 6.54 Å². The fourth-order valence-corrected chi connectivity index (χ4v) is 2.93. The average molecular weight is 461 g/mol. The molecule has 0 saturated heterocycles. The van der Waals surface area contributed by atoms with Crippen LogP contribution in [0.5, 0.6) is 0 Å². The molecule has 3 N–H and O–H groups in total. The van der Waals surface area contributed by atoms with Gasteiger partial charge in [0, 0.05) is 19.0 Å². The van der Waals surface area contributed by atoms with Crippen LogP contribution < -0.4 is 5.32 Å². The number of halogens is 6. The van der Waals surface area contributed by atoms with Gasteiger partial charge >= 0.3 is 18.3 Å². The first-order valence-electron chi connectivity index (χ1n) is 8.97. The molecule has 0 fully saturated rings. The van der Waals surface area contributed by atoms with Crippen LogP contribution in [0.3, 0.4) is 0 Å². The van der Waals surface area contributed by atoms with E-state index in [1.54, 1.807) is 0 Å². The number of aliphatic hydroxyl groups excluding tert-OH is 1. The molecule has 2 aromatic carbocycles. The lowest BCUT2D eigenvalue weighted by Crippen LogP contribution is -2.32. The molecule has 1 unspecified atom stereocenters. The van der Waals surface area contributed by atoms with Crippen LogP contribution in [-0.4, -0.2) is 34.7 Å². The number of alkyl halides is 6. The Labute approximate surface area is 178 Å². The molecule has 0 aliphatic rings. The Balaban J connectivity index is 2.75. The normalized spacial score (nSPS) is 13.9. The largest absolute Gasteiger partial charge is 0.478 e. The quantitative estimate of drug-likeness (QED) is 0.342. The number of aliphatic hydroxyl groups is 1. The molecule has 0 saturated carbocycles. The summed E-state index contributed by atoms with van der Waals surface area (Å²) < 4.78 is 78.0. The van der Waals surface area contributed by atoms with E-state index in [1.165, 1.54) is 0 Å². The second kappa shape index (κ2) is 9.43. The van der Waals surface area contributed by atoms with Gasteiger partial charge in [0.15, 0.2) is 0 Å². The molecule has 11 heteroatoms. The number of aliphatic carboxylic acids is 1. The third-order valence-electron chi connectivity index (χ3n) is 4.36. The predicted octanol–water partition coefficient (Wildman–Crippen LogP) is 4.22. The zero-order valence-corrected chi connectivity index (χ0v) is 16.4. The zero-order chi connectivity index (χ0) is 24.3. The van der Waals surface area contributed by atoms with E-state index in [4.69, 9.17) is 0 Å². The van der Waals surface area contributed by atoms with Crippen LogP contribution in [0.4, 0.5) is 26.3 Å². The molecule has 2 rings (SSSR count). The molecule has 0 aliphatic carbocycles. The Bertz CT molecular complexity index is 1030. The molecule has 172 valence electrons. The first-order valence-corrected chi connectivity index (χ1v) is 8.97. The van der Waals surface area contributed by atoms with Crippen molar-refractivity contribution >= 4 is 23.0 Å². The molecule has 0 aliphatic heterocycles. The number of nitrogens with one attached hydrogen (secondary N) is 1. The van der Waals surface area contributed by atoms with Crippen LogP contribution in [0.25, 0.3) is 11.1 Å². The predicted molar refractivity (Wildman–Crippen MR) is 102 cm³/mol. The number of benzene rings is 2. The van der Waals surface area contributed by atoms with Crippen molar-refractivity contribution in [3.05, 3.63) is 70.8 Å². The van der Waals surface area contributed by atoms with Crippen molar-refractivity contribution in [2.24, 2.45) is 0 Å². The van der Waals surface area contributed by atoms with Gasteiger partial charge < -0.3 is 15.5 Å². The highest BCUT2D eigenvalue weighted by Gasteiger charge is 2.33. The molecular formula is C21H17F6NO4. The minimum absolute atomic E-state index is 0.278. The SMILES string of the molecule is CC(=O)NCC(O)/C(=C(\C(=O)O)c1ccc(C(F)(F)F)cc1)c1cccc(C(F)(F)F)c1. The maximum Gasteiger partial charge on any atom is 0.416 e. The Hall–Kier alpha value is -3.34. The second-order valence-electron chi connectivity index (χ2n) is 6.70. The number of carboxylic acids is 1. The van der Waals surface area contributed by atoms with Crippen LogP contribution in [0.2, 0.25) is 0 Å². The van der Waals surface area contributed by atoms with E-state index in [0.29, 0.717) is 18.2 Å². The zero-order valence-electron chi connectivity index (χ0n) is 16.4. The molecule has 1 atom stereocenters. The first-order chi connectivity index (χ1) is 14.7. The molecule has 1 amide bonds. The monoisotopic (exact) mass is 461 g/mol. The summed E-state index contributed by atoms with van der Waals surface area (Å²) in [6.45, 7) is 0.562. The van der Waals surface area contributed by atoms with Crippen molar-refractivity contribution in [2.45, 2.75) is 25.4 Å². The number of rotatable bonds is 6. The highest BCUT2D eigenvalue weighted by molar-refractivity contribution is 6.24. The number of hydrogen-bond donors (Lipinski definition) is 3. The van der Waals surface area contributed by atoms with E-state index in [1.807, 2.05) is 0 Å². The van der Waals surface area contributed by atoms with E-state index < -0.39 is 59.2 Å². The smallest absolute Gasteiger partial charge is 0.416 e. The molecule has 0 bridgehead atoms. The van der Waals surface area contributed by atoms with Crippen molar-refractivity contribution in [1.29, 1.82) is 0 Å². The first kappa shape index (κ1) is 24.9. The molecular weight excluding hydrogens is 444 g/mol. The summed E-state index contributed by atoms with van der Waals surface area (Å²) in [4.78, 5) is 23.2. The van der Waals surface area contributed by atoms with Gasteiger partial charge in [0.1, 0.15) is 0 Å². The van der Waals surface area contributed by atoms with Gasteiger partial charge in [-0.15, -0.1) is 0 Å². The van der Waals surface area contributed by atoms with Crippen LogP contribution in [0.1, 0.15) is 29.2 Å². The van der Waals surface area contributed by atoms with Crippen LogP contribution in [0.15, 0.2) is 48.5 Å². The number of amides is 1. The average Bonchev–Trinajstić information content (AvgIpc) is 2.68. The number of carboxylic acid groups (broad SMARTS) is 1. The van der Waals surface area contributed by atoms with Crippen LogP contribution in [-0.2, 0) is 21.9 Å². The van der Waals surface area contributed by atoms with E-state index >= 15 is 0 Å². The molecule has 0 aromatic heterocycles. The Morgan fingerprint density at radius 2 is 1.47 bits per heavy atom. The molecule has 0 spiro atoms. The topological polar surface area (TPSA) is 86.6 Å². The van der Waals surface area contributed by atoms with Gasteiger partial charge in [0.25, 0.3) is 0 Å². The van der Waals surface area contributed by atoms with Crippen LogP contribution >= 0.6 is 0 Å². The standard InChI is InChI=1S/C21H17F6NO4/c1-11(29)28-10-16(30)17(13-3-2-4-15(9-13)21(25,26)27)18(19(31)32)12-5-7-14(8-6-12)20(22,23)24/h2-9,16,30H,10H2,1H3,(H,28,29)(H,31,32)/b18-17-. The van der Waals surface area contributed by atoms with Crippen molar-refractivity contribution < 1.29 is 46.1 Å². The molecule has 5 nitrogen and oxygen atoms in total. The maximum atomic E-state index is 13.2. The van der Waals surface area contributed by atoms with E-state index in [2.05, 4.69) is 5.32 Å². The van der Waals surface area contributed by atoms with E-state index in [0.717, 1.165) is 37.3 Å².